The summed E-state index contributed by atoms with van der Waals surface area (Å²) in [6.45, 7) is 4.43. The maximum absolute atomic E-state index is 11.7. The summed E-state index contributed by atoms with van der Waals surface area (Å²) in [5.41, 5.74) is 6.64. The van der Waals surface area contributed by atoms with Crippen molar-refractivity contribution in [2.45, 2.75) is 50.5 Å². The van der Waals surface area contributed by atoms with Crippen LogP contribution in [0, 0.1) is 11.8 Å². The summed E-state index contributed by atoms with van der Waals surface area (Å²) < 4.78 is 23.5. The average Bonchev–Trinajstić information content (AvgIpc) is 2.40. The van der Waals surface area contributed by atoms with Crippen LogP contribution in [0.4, 0.5) is 11.4 Å². The van der Waals surface area contributed by atoms with Gasteiger partial charge in [-0.15, -0.1) is 0 Å². The van der Waals surface area contributed by atoms with E-state index in [0.29, 0.717) is 23.2 Å². The molecule has 1 aliphatic rings. The highest BCUT2D eigenvalue weighted by atomic mass is 32.2. The minimum Gasteiger partial charge on any atom is -0.399 e. The van der Waals surface area contributed by atoms with Crippen molar-refractivity contribution in [1.82, 2.24) is 0 Å². The highest BCUT2D eigenvalue weighted by molar-refractivity contribution is 7.89. The smallest absolute Gasteiger partial charge is 0.240 e. The third kappa shape index (κ3) is 3.89. The van der Waals surface area contributed by atoms with E-state index in [2.05, 4.69) is 19.2 Å². The van der Waals surface area contributed by atoms with Gasteiger partial charge in [0, 0.05) is 11.7 Å². The molecule has 1 aromatic rings. The summed E-state index contributed by atoms with van der Waals surface area (Å²) in [4.78, 5) is 0.0792. The van der Waals surface area contributed by atoms with E-state index in [-0.39, 0.29) is 10.9 Å². The second-order valence-electron chi connectivity index (χ2n) is 6.24. The molecule has 5 nitrogen and oxygen atoms in total. The molecular formula is C15H25N3O2S. The number of nitrogens with two attached hydrogens (primary N) is 2. The van der Waals surface area contributed by atoms with Crippen LogP contribution in [0.1, 0.15) is 39.5 Å². The van der Waals surface area contributed by atoms with E-state index >= 15 is 0 Å². The van der Waals surface area contributed by atoms with Crippen molar-refractivity contribution < 1.29 is 8.42 Å². The van der Waals surface area contributed by atoms with Gasteiger partial charge in [-0.25, -0.2) is 13.6 Å². The Hall–Kier alpha value is -1.27. The predicted molar refractivity (Wildman–Crippen MR) is 86.4 cm³/mol. The van der Waals surface area contributed by atoms with Gasteiger partial charge in [-0.3, -0.25) is 0 Å². The molecule has 2 atom stereocenters. The van der Waals surface area contributed by atoms with E-state index in [1.54, 1.807) is 12.1 Å². The van der Waals surface area contributed by atoms with Gasteiger partial charge in [-0.05, 0) is 42.9 Å². The van der Waals surface area contributed by atoms with Gasteiger partial charge in [-0.1, -0.05) is 26.7 Å². The molecule has 118 valence electrons. The van der Waals surface area contributed by atoms with Gasteiger partial charge in [0.1, 0.15) is 4.90 Å². The number of sulfonamides is 1. The molecule has 1 aromatic carbocycles. The molecule has 0 saturated heterocycles. The Balaban J connectivity index is 2.30. The Morgan fingerprint density at radius 2 is 1.90 bits per heavy atom. The first-order valence-corrected chi connectivity index (χ1v) is 9.02. The number of primary sulfonamides is 1. The van der Waals surface area contributed by atoms with Crippen LogP contribution < -0.4 is 16.2 Å². The Morgan fingerprint density at radius 3 is 2.52 bits per heavy atom. The molecule has 2 rings (SSSR count). The molecular weight excluding hydrogens is 286 g/mol. The average molecular weight is 311 g/mol. The Labute approximate surface area is 127 Å². The van der Waals surface area contributed by atoms with Crippen molar-refractivity contribution in [3.05, 3.63) is 18.2 Å². The highest BCUT2D eigenvalue weighted by Crippen LogP contribution is 2.34. The second-order valence-corrected chi connectivity index (χ2v) is 7.77. The van der Waals surface area contributed by atoms with Crippen LogP contribution in [0.25, 0.3) is 0 Å². The van der Waals surface area contributed by atoms with E-state index in [9.17, 15) is 8.42 Å². The number of nitrogens with one attached hydrogen (secondary N) is 1. The number of hydrogen-bond acceptors (Lipinski definition) is 4. The largest absolute Gasteiger partial charge is 0.399 e. The second kappa shape index (κ2) is 6.23. The molecule has 0 heterocycles. The van der Waals surface area contributed by atoms with Crippen LogP contribution in [0.3, 0.4) is 0 Å². The van der Waals surface area contributed by atoms with Crippen molar-refractivity contribution in [2.75, 3.05) is 11.1 Å². The molecule has 6 heteroatoms. The Morgan fingerprint density at radius 1 is 1.24 bits per heavy atom. The third-order valence-electron chi connectivity index (χ3n) is 4.33. The number of rotatable bonds is 4. The lowest BCUT2D eigenvalue weighted by atomic mass is 9.78. The van der Waals surface area contributed by atoms with Gasteiger partial charge in [0.05, 0.1) is 5.69 Å². The van der Waals surface area contributed by atoms with Crippen molar-refractivity contribution in [3.8, 4) is 0 Å². The fourth-order valence-corrected chi connectivity index (χ4v) is 3.96. The van der Waals surface area contributed by atoms with Crippen LogP contribution in [-0.2, 0) is 10.0 Å². The summed E-state index contributed by atoms with van der Waals surface area (Å²) in [5, 5.41) is 8.70. The molecule has 21 heavy (non-hydrogen) atoms. The van der Waals surface area contributed by atoms with E-state index in [4.69, 9.17) is 10.9 Å². The zero-order chi connectivity index (χ0) is 15.6. The minimum absolute atomic E-state index is 0.0792. The van der Waals surface area contributed by atoms with Gasteiger partial charge in [0.15, 0.2) is 0 Å². The lowest BCUT2D eigenvalue weighted by Crippen LogP contribution is -2.35. The first-order valence-electron chi connectivity index (χ1n) is 7.48. The molecule has 1 fully saturated rings. The van der Waals surface area contributed by atoms with Crippen molar-refractivity contribution in [2.24, 2.45) is 17.0 Å². The molecule has 0 bridgehead atoms. The van der Waals surface area contributed by atoms with Crippen molar-refractivity contribution >= 4 is 21.4 Å². The molecule has 0 aliphatic heterocycles. The monoisotopic (exact) mass is 311 g/mol. The zero-order valence-corrected chi connectivity index (χ0v) is 13.5. The van der Waals surface area contributed by atoms with Gasteiger partial charge in [-0.2, -0.15) is 0 Å². The van der Waals surface area contributed by atoms with Crippen LogP contribution in [0.2, 0.25) is 0 Å². The maximum atomic E-state index is 11.7. The predicted octanol–water partition coefficient (Wildman–Crippen LogP) is 2.54. The van der Waals surface area contributed by atoms with Crippen LogP contribution in [0.15, 0.2) is 23.1 Å². The normalized spacial score (nSPS) is 23.2. The first-order chi connectivity index (χ1) is 9.79. The third-order valence-corrected chi connectivity index (χ3v) is 5.28. The number of hydrogen-bond donors (Lipinski definition) is 3. The fourth-order valence-electron chi connectivity index (χ4n) is 3.23. The maximum Gasteiger partial charge on any atom is 0.240 e. The van der Waals surface area contributed by atoms with E-state index in [1.165, 1.54) is 25.3 Å². The molecule has 1 aliphatic carbocycles. The lowest BCUT2D eigenvalue weighted by molar-refractivity contribution is 0.253. The van der Waals surface area contributed by atoms with Crippen molar-refractivity contribution in [1.29, 1.82) is 0 Å². The van der Waals surface area contributed by atoms with Crippen LogP contribution in [-0.4, -0.2) is 14.5 Å². The zero-order valence-electron chi connectivity index (χ0n) is 12.7. The highest BCUT2D eigenvalue weighted by Gasteiger charge is 2.28. The first kappa shape index (κ1) is 16.1. The molecule has 0 spiro atoms. The van der Waals surface area contributed by atoms with Gasteiger partial charge >= 0.3 is 0 Å². The van der Waals surface area contributed by atoms with Crippen LogP contribution >= 0.6 is 0 Å². The minimum atomic E-state index is -3.79. The van der Waals surface area contributed by atoms with Gasteiger partial charge in [0.25, 0.3) is 0 Å². The number of anilines is 2. The topological polar surface area (TPSA) is 98.2 Å². The molecule has 0 amide bonds. The van der Waals surface area contributed by atoms with E-state index in [1.807, 2.05) is 0 Å². The molecule has 0 radical (unpaired) electrons. The molecule has 5 N–H and O–H groups in total. The summed E-state index contributed by atoms with van der Waals surface area (Å²) in [6.07, 6.45) is 4.64. The number of benzene rings is 1. The summed E-state index contributed by atoms with van der Waals surface area (Å²) in [7, 11) is -3.79. The Kier molecular flexibility index (Phi) is 4.78. The summed E-state index contributed by atoms with van der Waals surface area (Å²) >= 11 is 0. The van der Waals surface area contributed by atoms with Gasteiger partial charge < -0.3 is 11.1 Å². The van der Waals surface area contributed by atoms with E-state index < -0.39 is 10.0 Å². The summed E-state index contributed by atoms with van der Waals surface area (Å²) in [5.74, 6) is 1.11. The summed E-state index contributed by atoms with van der Waals surface area (Å²) in [6, 6.07) is 5.11. The molecule has 0 aromatic heterocycles. The van der Waals surface area contributed by atoms with Gasteiger partial charge in [0.2, 0.25) is 10.0 Å². The standard InChI is InChI=1S/C15H25N3O2S/c1-10(2)12-5-3-4-6-13(12)18-14-8-7-11(16)9-15(14)21(17,19)20/h7-10,12-13,18H,3-6,16H2,1-2H3,(H2,17,19,20). The Bertz CT molecular complexity index is 599. The lowest BCUT2D eigenvalue weighted by Gasteiger charge is -2.36. The molecule has 2 unspecified atom stereocenters. The van der Waals surface area contributed by atoms with Crippen molar-refractivity contribution in [3.63, 3.8) is 0 Å². The molecule has 1 saturated carbocycles. The SMILES string of the molecule is CC(C)C1CCCCC1Nc1ccc(N)cc1S(N)(=O)=O. The number of nitrogen functional groups attached to an aromatic ring is 1. The van der Waals surface area contributed by atoms with Crippen LogP contribution in [0.5, 0.6) is 0 Å². The van der Waals surface area contributed by atoms with E-state index in [0.717, 1.165) is 6.42 Å². The fraction of sp³-hybridized carbons (Fsp3) is 0.600. The quantitative estimate of drug-likeness (QED) is 0.744.